The maximum Gasteiger partial charge on any atom is 0.139 e. The Labute approximate surface area is 98.6 Å². The Kier molecular flexibility index (Phi) is 2.74. The first kappa shape index (κ1) is 10.0. The molecule has 0 aromatic carbocycles. The molecule has 1 unspecified atom stereocenters. The molecule has 2 aromatic heterocycles. The molecule has 3 heterocycles. The average Bonchev–Trinajstić information content (AvgIpc) is 2.97. The van der Waals surface area contributed by atoms with Gasteiger partial charge in [0.05, 0.1) is 11.6 Å². The number of rotatable bonds is 3. The van der Waals surface area contributed by atoms with E-state index in [1.54, 1.807) is 12.5 Å². The third-order valence-electron chi connectivity index (χ3n) is 2.96. The predicted octanol–water partition coefficient (Wildman–Crippen LogP) is 2.99. The highest BCUT2D eigenvalue weighted by Crippen LogP contribution is 2.25. The standard InChI is InChI=1S/C12H14N2OS/c1-4-13-12(10-2-5-15-11(1)10)14-7-9-3-6-16-8-9/h1-2,4-5,9H,3,6-8H2,(H,13,14). The highest BCUT2D eigenvalue weighted by Gasteiger charge is 2.15. The van der Waals surface area contributed by atoms with Gasteiger partial charge in [-0.1, -0.05) is 0 Å². The zero-order valence-electron chi connectivity index (χ0n) is 8.98. The van der Waals surface area contributed by atoms with E-state index in [9.17, 15) is 0 Å². The zero-order chi connectivity index (χ0) is 10.8. The molecule has 0 saturated carbocycles. The van der Waals surface area contributed by atoms with Crippen LogP contribution in [0.15, 0.2) is 29.0 Å². The summed E-state index contributed by atoms with van der Waals surface area (Å²) in [6.07, 6.45) is 4.82. The molecule has 1 atom stereocenters. The topological polar surface area (TPSA) is 38.1 Å². The van der Waals surface area contributed by atoms with Crippen LogP contribution in [0.2, 0.25) is 0 Å². The van der Waals surface area contributed by atoms with Gasteiger partial charge in [0.15, 0.2) is 0 Å². The molecule has 1 N–H and O–H groups in total. The van der Waals surface area contributed by atoms with E-state index in [0.717, 1.165) is 29.2 Å². The van der Waals surface area contributed by atoms with E-state index in [1.807, 2.05) is 23.9 Å². The summed E-state index contributed by atoms with van der Waals surface area (Å²) >= 11 is 2.04. The quantitative estimate of drug-likeness (QED) is 0.886. The fourth-order valence-corrected chi connectivity index (χ4v) is 3.31. The van der Waals surface area contributed by atoms with Gasteiger partial charge in [-0.25, -0.2) is 4.98 Å². The van der Waals surface area contributed by atoms with Crippen molar-refractivity contribution in [3.63, 3.8) is 0 Å². The Hall–Kier alpha value is -1.16. The highest BCUT2D eigenvalue weighted by molar-refractivity contribution is 7.99. The molecule has 3 nitrogen and oxygen atoms in total. The van der Waals surface area contributed by atoms with Crippen molar-refractivity contribution in [2.45, 2.75) is 6.42 Å². The summed E-state index contributed by atoms with van der Waals surface area (Å²) in [6.45, 7) is 1.02. The normalized spacial score (nSPS) is 20.4. The van der Waals surface area contributed by atoms with Gasteiger partial charge >= 0.3 is 0 Å². The lowest BCUT2D eigenvalue weighted by Crippen LogP contribution is -2.14. The number of furan rings is 1. The highest BCUT2D eigenvalue weighted by atomic mass is 32.2. The van der Waals surface area contributed by atoms with E-state index >= 15 is 0 Å². The van der Waals surface area contributed by atoms with Crippen LogP contribution in [0.5, 0.6) is 0 Å². The first-order valence-electron chi connectivity index (χ1n) is 5.57. The average molecular weight is 234 g/mol. The molecular weight excluding hydrogens is 220 g/mol. The van der Waals surface area contributed by atoms with E-state index < -0.39 is 0 Å². The summed E-state index contributed by atoms with van der Waals surface area (Å²) < 4.78 is 5.35. The van der Waals surface area contributed by atoms with Crippen LogP contribution in [-0.2, 0) is 0 Å². The van der Waals surface area contributed by atoms with E-state index in [-0.39, 0.29) is 0 Å². The van der Waals surface area contributed by atoms with E-state index in [2.05, 4.69) is 10.3 Å². The number of nitrogens with one attached hydrogen (secondary N) is 1. The lowest BCUT2D eigenvalue weighted by atomic mass is 10.1. The van der Waals surface area contributed by atoms with Crippen molar-refractivity contribution in [2.75, 3.05) is 23.4 Å². The first-order chi connectivity index (χ1) is 7.93. The molecule has 84 valence electrons. The molecule has 1 aliphatic rings. The maximum atomic E-state index is 5.35. The molecule has 0 aliphatic carbocycles. The van der Waals surface area contributed by atoms with Crippen LogP contribution in [0.1, 0.15) is 6.42 Å². The summed E-state index contributed by atoms with van der Waals surface area (Å²) in [4.78, 5) is 4.36. The van der Waals surface area contributed by atoms with Gasteiger partial charge in [-0.15, -0.1) is 0 Å². The molecule has 1 fully saturated rings. The molecule has 3 rings (SSSR count). The molecule has 2 aromatic rings. The Morgan fingerprint density at radius 3 is 3.38 bits per heavy atom. The molecule has 1 saturated heterocycles. The first-order valence-corrected chi connectivity index (χ1v) is 6.73. The predicted molar refractivity (Wildman–Crippen MR) is 67.9 cm³/mol. The number of fused-ring (bicyclic) bond motifs is 1. The van der Waals surface area contributed by atoms with Crippen molar-refractivity contribution in [1.29, 1.82) is 0 Å². The van der Waals surface area contributed by atoms with Gasteiger partial charge in [-0.3, -0.25) is 0 Å². The van der Waals surface area contributed by atoms with Gasteiger partial charge in [0.1, 0.15) is 11.4 Å². The van der Waals surface area contributed by atoms with Crippen LogP contribution in [-0.4, -0.2) is 23.0 Å². The van der Waals surface area contributed by atoms with Crippen LogP contribution in [0.4, 0.5) is 5.82 Å². The van der Waals surface area contributed by atoms with E-state index in [1.165, 1.54) is 17.9 Å². The van der Waals surface area contributed by atoms with Gasteiger partial charge in [-0.05, 0) is 36.0 Å². The lowest BCUT2D eigenvalue weighted by Gasteiger charge is -2.10. The third-order valence-corrected chi connectivity index (χ3v) is 4.19. The number of aromatic nitrogens is 1. The number of pyridine rings is 1. The molecule has 16 heavy (non-hydrogen) atoms. The van der Waals surface area contributed by atoms with Crippen LogP contribution in [0.25, 0.3) is 11.0 Å². The zero-order valence-corrected chi connectivity index (χ0v) is 9.80. The summed E-state index contributed by atoms with van der Waals surface area (Å²) in [6, 6.07) is 3.86. The molecule has 4 heteroatoms. The largest absolute Gasteiger partial charge is 0.464 e. The van der Waals surface area contributed by atoms with Crippen LogP contribution < -0.4 is 5.32 Å². The number of anilines is 1. The van der Waals surface area contributed by atoms with E-state index in [4.69, 9.17) is 4.42 Å². The second-order valence-corrected chi connectivity index (χ2v) is 5.25. The summed E-state index contributed by atoms with van der Waals surface area (Å²) in [5.41, 5.74) is 0.901. The Morgan fingerprint density at radius 1 is 1.50 bits per heavy atom. The number of thioether (sulfide) groups is 1. The van der Waals surface area contributed by atoms with Crippen LogP contribution >= 0.6 is 11.8 Å². The smallest absolute Gasteiger partial charge is 0.139 e. The maximum absolute atomic E-state index is 5.35. The molecule has 0 bridgehead atoms. The monoisotopic (exact) mass is 234 g/mol. The minimum Gasteiger partial charge on any atom is -0.464 e. The van der Waals surface area contributed by atoms with Gasteiger partial charge in [0, 0.05) is 12.7 Å². The summed E-state index contributed by atoms with van der Waals surface area (Å²) in [7, 11) is 0. The van der Waals surface area contributed by atoms with Crippen LogP contribution in [0, 0.1) is 5.92 Å². The van der Waals surface area contributed by atoms with Crippen molar-refractivity contribution in [2.24, 2.45) is 5.92 Å². The second kappa shape index (κ2) is 4.37. The lowest BCUT2D eigenvalue weighted by molar-refractivity contribution is 0.615. The van der Waals surface area contributed by atoms with Gasteiger partial charge in [0.25, 0.3) is 0 Å². The Bertz CT molecular complexity index is 477. The minimum absolute atomic E-state index is 0.786. The number of hydrogen-bond donors (Lipinski definition) is 1. The van der Waals surface area contributed by atoms with Crippen molar-refractivity contribution in [3.8, 4) is 0 Å². The summed E-state index contributed by atoms with van der Waals surface area (Å²) in [5, 5.41) is 4.51. The number of nitrogens with zero attached hydrogens (tertiary/aromatic N) is 1. The summed E-state index contributed by atoms with van der Waals surface area (Å²) in [5.74, 6) is 4.31. The third kappa shape index (κ3) is 1.89. The Morgan fingerprint density at radius 2 is 2.50 bits per heavy atom. The van der Waals surface area contributed by atoms with Crippen molar-refractivity contribution >= 4 is 28.5 Å². The molecule has 0 radical (unpaired) electrons. The molecule has 1 aliphatic heterocycles. The molecule has 0 amide bonds. The van der Waals surface area contributed by atoms with Gasteiger partial charge in [-0.2, -0.15) is 11.8 Å². The minimum atomic E-state index is 0.786. The Balaban J connectivity index is 1.75. The number of hydrogen-bond acceptors (Lipinski definition) is 4. The van der Waals surface area contributed by atoms with Crippen molar-refractivity contribution in [1.82, 2.24) is 4.98 Å². The fourth-order valence-electron chi connectivity index (χ4n) is 2.02. The second-order valence-electron chi connectivity index (χ2n) is 4.10. The van der Waals surface area contributed by atoms with Crippen LogP contribution in [0.3, 0.4) is 0 Å². The fraction of sp³-hybridized carbons (Fsp3) is 0.417. The van der Waals surface area contributed by atoms with E-state index in [0.29, 0.717) is 0 Å². The SMILES string of the molecule is c1cc2occc2c(NCC2CCSC2)n1. The van der Waals surface area contributed by atoms with Crippen molar-refractivity contribution in [3.05, 3.63) is 24.6 Å². The van der Waals surface area contributed by atoms with Gasteiger partial charge in [0.2, 0.25) is 0 Å². The van der Waals surface area contributed by atoms with Crippen molar-refractivity contribution < 1.29 is 4.42 Å². The molecular formula is C12H14N2OS. The van der Waals surface area contributed by atoms with Gasteiger partial charge < -0.3 is 9.73 Å². The molecule has 0 spiro atoms.